The minimum Gasteiger partial charge on any atom is -0.383 e. The molecular formula is C18H37N5O. The largest absolute Gasteiger partial charge is 0.383 e. The predicted molar refractivity (Wildman–Crippen MR) is 101 cm³/mol. The number of hydrogen-bond acceptors (Lipinski definition) is 4. The fourth-order valence-electron chi connectivity index (χ4n) is 3.85. The molecule has 2 aliphatic rings. The SMILES string of the molecule is CCCN1CCC(NC(=NC)NCC2CCCN2CCOC)CC1. The molecule has 6 nitrogen and oxygen atoms in total. The number of rotatable bonds is 8. The highest BCUT2D eigenvalue weighted by atomic mass is 16.5. The van der Waals surface area contributed by atoms with E-state index >= 15 is 0 Å². The van der Waals surface area contributed by atoms with Crippen LogP contribution in [-0.2, 0) is 4.74 Å². The molecule has 1 unspecified atom stereocenters. The summed E-state index contributed by atoms with van der Waals surface area (Å²) in [7, 11) is 3.65. The number of nitrogens with zero attached hydrogens (tertiary/aromatic N) is 3. The van der Waals surface area contributed by atoms with E-state index in [1.807, 2.05) is 7.05 Å². The summed E-state index contributed by atoms with van der Waals surface area (Å²) in [5.41, 5.74) is 0. The maximum Gasteiger partial charge on any atom is 0.191 e. The highest BCUT2D eigenvalue weighted by molar-refractivity contribution is 5.80. The van der Waals surface area contributed by atoms with E-state index in [1.54, 1.807) is 7.11 Å². The third-order valence-corrected chi connectivity index (χ3v) is 5.28. The molecule has 0 spiro atoms. The Morgan fingerprint density at radius 1 is 1.17 bits per heavy atom. The van der Waals surface area contributed by atoms with Crippen LogP contribution in [0.25, 0.3) is 0 Å². The van der Waals surface area contributed by atoms with Gasteiger partial charge < -0.3 is 20.3 Å². The van der Waals surface area contributed by atoms with Crippen LogP contribution < -0.4 is 10.6 Å². The molecule has 0 aliphatic carbocycles. The molecule has 0 bridgehead atoms. The molecule has 0 saturated carbocycles. The van der Waals surface area contributed by atoms with Crippen LogP contribution in [0, 0.1) is 0 Å². The highest BCUT2D eigenvalue weighted by Crippen LogP contribution is 2.16. The lowest BCUT2D eigenvalue weighted by molar-refractivity contribution is 0.141. The van der Waals surface area contributed by atoms with E-state index in [0.29, 0.717) is 12.1 Å². The molecule has 0 aromatic rings. The van der Waals surface area contributed by atoms with Gasteiger partial charge in [0.05, 0.1) is 6.61 Å². The molecule has 2 saturated heterocycles. The van der Waals surface area contributed by atoms with E-state index in [-0.39, 0.29) is 0 Å². The first-order valence-corrected chi connectivity index (χ1v) is 9.69. The number of aliphatic imine (C=N–C) groups is 1. The summed E-state index contributed by atoms with van der Waals surface area (Å²) < 4.78 is 5.22. The van der Waals surface area contributed by atoms with Gasteiger partial charge in [0.15, 0.2) is 5.96 Å². The zero-order valence-corrected chi connectivity index (χ0v) is 15.9. The van der Waals surface area contributed by atoms with Crippen LogP contribution in [0.15, 0.2) is 4.99 Å². The van der Waals surface area contributed by atoms with Crippen molar-refractivity contribution in [2.24, 2.45) is 4.99 Å². The van der Waals surface area contributed by atoms with Gasteiger partial charge in [0.2, 0.25) is 0 Å². The zero-order valence-electron chi connectivity index (χ0n) is 15.9. The van der Waals surface area contributed by atoms with E-state index < -0.39 is 0 Å². The highest BCUT2D eigenvalue weighted by Gasteiger charge is 2.24. The van der Waals surface area contributed by atoms with E-state index in [0.717, 1.165) is 25.7 Å². The van der Waals surface area contributed by atoms with Crippen molar-refractivity contribution < 1.29 is 4.74 Å². The van der Waals surface area contributed by atoms with Crippen molar-refractivity contribution in [1.82, 2.24) is 20.4 Å². The van der Waals surface area contributed by atoms with Crippen LogP contribution in [-0.4, -0.2) is 87.9 Å². The standard InChI is InChI=1S/C18H37N5O/c1-4-9-22-11-7-16(8-12-22)21-18(19-2)20-15-17-6-5-10-23(17)13-14-24-3/h16-17H,4-15H2,1-3H3,(H2,19,20,21). The van der Waals surface area contributed by atoms with Gasteiger partial charge in [-0.1, -0.05) is 6.92 Å². The first-order chi connectivity index (χ1) is 11.8. The molecule has 0 radical (unpaired) electrons. The van der Waals surface area contributed by atoms with Gasteiger partial charge >= 0.3 is 0 Å². The van der Waals surface area contributed by atoms with Crippen LogP contribution in [0.3, 0.4) is 0 Å². The van der Waals surface area contributed by atoms with Gasteiger partial charge in [-0.3, -0.25) is 9.89 Å². The van der Waals surface area contributed by atoms with Gasteiger partial charge in [-0.2, -0.15) is 0 Å². The molecule has 1 atom stereocenters. The smallest absolute Gasteiger partial charge is 0.191 e. The number of nitrogens with one attached hydrogen (secondary N) is 2. The lowest BCUT2D eigenvalue weighted by Gasteiger charge is -2.33. The normalized spacial score (nSPS) is 24.5. The topological polar surface area (TPSA) is 52.1 Å². The van der Waals surface area contributed by atoms with E-state index in [1.165, 1.54) is 58.3 Å². The van der Waals surface area contributed by atoms with Gasteiger partial charge in [0.25, 0.3) is 0 Å². The monoisotopic (exact) mass is 339 g/mol. The average molecular weight is 340 g/mol. The molecule has 6 heteroatoms. The van der Waals surface area contributed by atoms with Crippen LogP contribution >= 0.6 is 0 Å². The van der Waals surface area contributed by atoms with Crippen LogP contribution in [0.4, 0.5) is 0 Å². The number of ether oxygens (including phenoxy) is 1. The van der Waals surface area contributed by atoms with Gasteiger partial charge in [-0.25, -0.2) is 0 Å². The van der Waals surface area contributed by atoms with Gasteiger partial charge in [-0.05, 0) is 45.2 Å². The molecule has 24 heavy (non-hydrogen) atoms. The van der Waals surface area contributed by atoms with Crippen molar-refractivity contribution in [1.29, 1.82) is 0 Å². The number of piperidine rings is 1. The summed E-state index contributed by atoms with van der Waals surface area (Å²) >= 11 is 0. The molecule has 2 rings (SSSR count). The van der Waals surface area contributed by atoms with Gasteiger partial charge in [-0.15, -0.1) is 0 Å². The average Bonchev–Trinajstić information content (AvgIpc) is 3.06. The summed E-state index contributed by atoms with van der Waals surface area (Å²) in [4.78, 5) is 9.53. The Kier molecular flexibility index (Phi) is 8.84. The van der Waals surface area contributed by atoms with Crippen molar-refractivity contribution in [2.75, 3.05) is 60.0 Å². The Balaban J connectivity index is 1.69. The summed E-state index contributed by atoms with van der Waals surface area (Å²) in [6, 6.07) is 1.16. The second-order valence-electron chi connectivity index (χ2n) is 7.04. The number of methoxy groups -OCH3 is 1. The Morgan fingerprint density at radius 3 is 2.62 bits per heavy atom. The Morgan fingerprint density at radius 2 is 1.96 bits per heavy atom. The first-order valence-electron chi connectivity index (χ1n) is 9.69. The fraction of sp³-hybridized carbons (Fsp3) is 0.944. The Bertz CT molecular complexity index is 368. The summed E-state index contributed by atoms with van der Waals surface area (Å²) in [6.45, 7) is 9.92. The summed E-state index contributed by atoms with van der Waals surface area (Å²) in [6.07, 6.45) is 6.23. The second kappa shape index (κ2) is 10.9. The molecule has 0 amide bonds. The molecule has 140 valence electrons. The van der Waals surface area contributed by atoms with Crippen molar-refractivity contribution >= 4 is 5.96 Å². The minimum atomic E-state index is 0.553. The number of likely N-dealkylation sites (tertiary alicyclic amines) is 2. The second-order valence-corrected chi connectivity index (χ2v) is 7.04. The van der Waals surface area contributed by atoms with E-state index in [9.17, 15) is 0 Å². The zero-order chi connectivity index (χ0) is 17.2. The quantitative estimate of drug-likeness (QED) is 0.513. The predicted octanol–water partition coefficient (Wildman–Crippen LogP) is 1.14. The molecule has 2 N–H and O–H groups in total. The summed E-state index contributed by atoms with van der Waals surface area (Å²) in [5, 5.41) is 7.16. The van der Waals surface area contributed by atoms with Crippen molar-refractivity contribution in [3.8, 4) is 0 Å². The molecule has 2 fully saturated rings. The molecule has 2 aliphatic heterocycles. The maximum atomic E-state index is 5.22. The molecular weight excluding hydrogens is 302 g/mol. The lowest BCUT2D eigenvalue weighted by Crippen LogP contribution is -2.51. The van der Waals surface area contributed by atoms with Gasteiger partial charge in [0.1, 0.15) is 0 Å². The van der Waals surface area contributed by atoms with Crippen LogP contribution in [0.2, 0.25) is 0 Å². The maximum absolute atomic E-state index is 5.22. The number of hydrogen-bond donors (Lipinski definition) is 2. The minimum absolute atomic E-state index is 0.553. The Labute approximate surface area is 148 Å². The van der Waals surface area contributed by atoms with Crippen molar-refractivity contribution in [3.63, 3.8) is 0 Å². The van der Waals surface area contributed by atoms with Crippen LogP contribution in [0.1, 0.15) is 39.0 Å². The van der Waals surface area contributed by atoms with Crippen molar-refractivity contribution in [2.45, 2.75) is 51.1 Å². The fourth-order valence-corrected chi connectivity index (χ4v) is 3.85. The third-order valence-electron chi connectivity index (χ3n) is 5.28. The van der Waals surface area contributed by atoms with Gasteiger partial charge in [0, 0.05) is 52.4 Å². The van der Waals surface area contributed by atoms with E-state index in [2.05, 4.69) is 32.3 Å². The molecule has 0 aromatic heterocycles. The summed E-state index contributed by atoms with van der Waals surface area (Å²) in [5.74, 6) is 0.961. The van der Waals surface area contributed by atoms with Crippen LogP contribution in [0.5, 0.6) is 0 Å². The van der Waals surface area contributed by atoms with Crippen molar-refractivity contribution in [3.05, 3.63) is 0 Å². The molecule has 2 heterocycles. The third kappa shape index (κ3) is 6.22. The first kappa shape index (κ1) is 19.5. The van der Waals surface area contributed by atoms with E-state index in [4.69, 9.17) is 4.74 Å². The number of guanidine groups is 1. The molecule has 0 aromatic carbocycles. The lowest BCUT2D eigenvalue weighted by atomic mass is 10.1. The Hall–Kier alpha value is -0.850.